The molecular formula is C15H22N2O2. The highest BCUT2D eigenvalue weighted by Crippen LogP contribution is 2.26. The van der Waals surface area contributed by atoms with Gasteiger partial charge < -0.3 is 15.0 Å². The average Bonchev–Trinajstić information content (AvgIpc) is 3.24. The van der Waals surface area contributed by atoms with E-state index in [4.69, 9.17) is 4.74 Å². The average molecular weight is 262 g/mol. The number of nitrogens with zero attached hydrogens (tertiary/aromatic N) is 1. The van der Waals surface area contributed by atoms with Crippen LogP contribution in [0.5, 0.6) is 5.75 Å². The zero-order chi connectivity index (χ0) is 13.7. The van der Waals surface area contributed by atoms with Gasteiger partial charge in [0, 0.05) is 19.1 Å². The summed E-state index contributed by atoms with van der Waals surface area (Å²) in [5.74, 6) is 1.05. The van der Waals surface area contributed by atoms with Crippen molar-refractivity contribution in [2.75, 3.05) is 20.2 Å². The van der Waals surface area contributed by atoms with Gasteiger partial charge in [-0.3, -0.25) is 4.79 Å². The van der Waals surface area contributed by atoms with Crippen molar-refractivity contribution >= 4 is 5.91 Å². The summed E-state index contributed by atoms with van der Waals surface area (Å²) in [4.78, 5) is 14.0. The first-order valence-corrected chi connectivity index (χ1v) is 6.87. The number of benzene rings is 1. The van der Waals surface area contributed by atoms with Crippen molar-refractivity contribution in [1.82, 2.24) is 10.2 Å². The zero-order valence-electron chi connectivity index (χ0n) is 11.7. The first-order valence-electron chi connectivity index (χ1n) is 6.87. The van der Waals surface area contributed by atoms with E-state index in [1.165, 1.54) is 0 Å². The number of amides is 1. The predicted molar refractivity (Wildman–Crippen MR) is 75.1 cm³/mol. The summed E-state index contributed by atoms with van der Waals surface area (Å²) in [5.41, 5.74) is 1.13. The maximum atomic E-state index is 12.0. The molecule has 1 saturated carbocycles. The molecule has 2 rings (SSSR count). The minimum atomic E-state index is 0.202. The molecule has 4 nitrogen and oxygen atoms in total. The number of carbonyl (C=O) groups is 1. The van der Waals surface area contributed by atoms with Gasteiger partial charge in [-0.1, -0.05) is 12.1 Å². The minimum Gasteiger partial charge on any atom is -0.497 e. The molecule has 19 heavy (non-hydrogen) atoms. The lowest BCUT2D eigenvalue weighted by molar-refractivity contribution is -0.130. The number of likely N-dealkylation sites (N-methyl/N-ethyl adjacent to an activating group) is 1. The highest BCUT2D eigenvalue weighted by atomic mass is 16.5. The second-order valence-corrected chi connectivity index (χ2v) is 4.87. The summed E-state index contributed by atoms with van der Waals surface area (Å²) in [6, 6.07) is 8.38. The maximum absolute atomic E-state index is 12.0. The van der Waals surface area contributed by atoms with Gasteiger partial charge in [0.05, 0.1) is 13.7 Å². The van der Waals surface area contributed by atoms with Gasteiger partial charge in [0.1, 0.15) is 5.75 Å². The lowest BCUT2D eigenvalue weighted by Gasteiger charge is -2.20. The van der Waals surface area contributed by atoms with Crippen LogP contribution < -0.4 is 10.1 Å². The predicted octanol–water partition coefficient (Wildman–Crippen LogP) is 1.80. The van der Waals surface area contributed by atoms with Gasteiger partial charge >= 0.3 is 0 Å². The third kappa shape index (κ3) is 3.96. The third-order valence-corrected chi connectivity index (χ3v) is 3.39. The summed E-state index contributed by atoms with van der Waals surface area (Å²) in [6.07, 6.45) is 2.32. The number of carbonyl (C=O) groups excluding carboxylic acids is 1. The Bertz CT molecular complexity index is 430. The summed E-state index contributed by atoms with van der Waals surface area (Å²) >= 11 is 0. The zero-order valence-corrected chi connectivity index (χ0v) is 11.7. The SMILES string of the molecule is CCN(C(=O)CNCc1cccc(OC)c1)C1CC1. The van der Waals surface area contributed by atoms with Crippen molar-refractivity contribution in [3.63, 3.8) is 0 Å². The Balaban J connectivity index is 1.77. The summed E-state index contributed by atoms with van der Waals surface area (Å²) in [5, 5.41) is 3.20. The molecule has 0 heterocycles. The molecular weight excluding hydrogens is 240 g/mol. The van der Waals surface area contributed by atoms with Crippen LogP contribution >= 0.6 is 0 Å². The number of hydrogen-bond acceptors (Lipinski definition) is 3. The second kappa shape index (κ2) is 6.57. The molecule has 0 aliphatic heterocycles. The Hall–Kier alpha value is -1.55. The van der Waals surface area contributed by atoms with Gasteiger partial charge in [-0.05, 0) is 37.5 Å². The van der Waals surface area contributed by atoms with Crippen LogP contribution in [0.15, 0.2) is 24.3 Å². The first kappa shape index (κ1) is 13.9. The number of hydrogen-bond donors (Lipinski definition) is 1. The maximum Gasteiger partial charge on any atom is 0.236 e. The van der Waals surface area contributed by atoms with Crippen molar-refractivity contribution in [3.05, 3.63) is 29.8 Å². The van der Waals surface area contributed by atoms with Crippen molar-refractivity contribution in [3.8, 4) is 5.75 Å². The molecule has 104 valence electrons. The van der Waals surface area contributed by atoms with Crippen LogP contribution in [-0.2, 0) is 11.3 Å². The Morgan fingerprint density at radius 1 is 1.47 bits per heavy atom. The fourth-order valence-corrected chi connectivity index (χ4v) is 2.22. The van der Waals surface area contributed by atoms with E-state index in [9.17, 15) is 4.79 Å². The topological polar surface area (TPSA) is 41.6 Å². The van der Waals surface area contributed by atoms with Gasteiger partial charge in [-0.15, -0.1) is 0 Å². The van der Waals surface area contributed by atoms with Gasteiger partial charge in [0.15, 0.2) is 0 Å². The van der Waals surface area contributed by atoms with Crippen molar-refractivity contribution < 1.29 is 9.53 Å². The molecule has 0 bridgehead atoms. The highest BCUT2D eigenvalue weighted by molar-refractivity contribution is 5.78. The van der Waals surface area contributed by atoms with E-state index in [0.717, 1.165) is 30.7 Å². The fourth-order valence-electron chi connectivity index (χ4n) is 2.22. The minimum absolute atomic E-state index is 0.202. The Labute approximate surface area is 114 Å². The summed E-state index contributed by atoms with van der Waals surface area (Å²) in [7, 11) is 1.66. The molecule has 0 unspecified atom stereocenters. The van der Waals surface area contributed by atoms with E-state index in [1.54, 1.807) is 7.11 Å². The van der Waals surface area contributed by atoms with Crippen molar-refractivity contribution in [2.45, 2.75) is 32.4 Å². The highest BCUT2D eigenvalue weighted by Gasteiger charge is 2.30. The molecule has 1 aromatic carbocycles. The van der Waals surface area contributed by atoms with Crippen LogP contribution in [0.3, 0.4) is 0 Å². The molecule has 1 aliphatic carbocycles. The van der Waals surface area contributed by atoms with E-state index < -0.39 is 0 Å². The Kier molecular flexibility index (Phi) is 4.80. The van der Waals surface area contributed by atoms with Crippen LogP contribution in [0.4, 0.5) is 0 Å². The smallest absolute Gasteiger partial charge is 0.236 e. The molecule has 1 aromatic rings. The third-order valence-electron chi connectivity index (χ3n) is 3.39. The standard InChI is InChI=1S/C15H22N2O2/c1-3-17(13-7-8-13)15(18)11-16-10-12-5-4-6-14(9-12)19-2/h4-6,9,13,16H,3,7-8,10-11H2,1-2H3. The van der Waals surface area contributed by atoms with Gasteiger partial charge in [-0.25, -0.2) is 0 Å². The van der Waals surface area contributed by atoms with Gasteiger partial charge in [0.25, 0.3) is 0 Å². The molecule has 0 spiro atoms. The lowest BCUT2D eigenvalue weighted by atomic mass is 10.2. The molecule has 1 aliphatic rings. The Morgan fingerprint density at radius 2 is 2.26 bits per heavy atom. The molecule has 0 atom stereocenters. The molecule has 1 fully saturated rings. The number of nitrogens with one attached hydrogen (secondary N) is 1. The summed E-state index contributed by atoms with van der Waals surface area (Å²) in [6.45, 7) is 3.94. The largest absolute Gasteiger partial charge is 0.497 e. The monoisotopic (exact) mass is 262 g/mol. The normalized spacial score (nSPS) is 14.2. The van der Waals surface area contributed by atoms with Crippen molar-refractivity contribution in [2.24, 2.45) is 0 Å². The molecule has 4 heteroatoms. The first-order chi connectivity index (χ1) is 9.24. The van der Waals surface area contributed by atoms with E-state index >= 15 is 0 Å². The van der Waals surface area contributed by atoms with Gasteiger partial charge in [-0.2, -0.15) is 0 Å². The molecule has 1 amide bonds. The number of rotatable bonds is 7. The van der Waals surface area contributed by atoms with Crippen LogP contribution in [-0.4, -0.2) is 37.0 Å². The van der Waals surface area contributed by atoms with E-state index in [0.29, 0.717) is 19.1 Å². The fraction of sp³-hybridized carbons (Fsp3) is 0.533. The van der Waals surface area contributed by atoms with Crippen LogP contribution in [0.1, 0.15) is 25.3 Å². The number of methoxy groups -OCH3 is 1. The quantitative estimate of drug-likeness (QED) is 0.814. The van der Waals surface area contributed by atoms with E-state index in [-0.39, 0.29) is 5.91 Å². The van der Waals surface area contributed by atoms with E-state index in [2.05, 4.69) is 5.32 Å². The number of ether oxygens (including phenoxy) is 1. The van der Waals surface area contributed by atoms with Crippen LogP contribution in [0.25, 0.3) is 0 Å². The molecule has 0 radical (unpaired) electrons. The molecule has 1 N–H and O–H groups in total. The van der Waals surface area contributed by atoms with E-state index in [1.807, 2.05) is 36.1 Å². The van der Waals surface area contributed by atoms with Crippen molar-refractivity contribution in [1.29, 1.82) is 0 Å². The second-order valence-electron chi connectivity index (χ2n) is 4.87. The van der Waals surface area contributed by atoms with Crippen LogP contribution in [0.2, 0.25) is 0 Å². The Morgan fingerprint density at radius 3 is 2.89 bits per heavy atom. The molecule has 0 aromatic heterocycles. The van der Waals surface area contributed by atoms with Crippen LogP contribution in [0, 0.1) is 0 Å². The van der Waals surface area contributed by atoms with Gasteiger partial charge in [0.2, 0.25) is 5.91 Å². The lowest BCUT2D eigenvalue weighted by Crippen LogP contribution is -2.39. The molecule has 0 saturated heterocycles. The summed E-state index contributed by atoms with van der Waals surface area (Å²) < 4.78 is 5.17.